The zero-order valence-corrected chi connectivity index (χ0v) is 11.1. The second-order valence-corrected chi connectivity index (χ2v) is 4.22. The highest BCUT2D eigenvalue weighted by Crippen LogP contribution is 2.16. The lowest BCUT2D eigenvalue weighted by atomic mass is 10.1. The fourth-order valence-corrected chi connectivity index (χ4v) is 1.78. The van der Waals surface area contributed by atoms with Gasteiger partial charge in [0.1, 0.15) is 0 Å². The van der Waals surface area contributed by atoms with E-state index in [2.05, 4.69) is 22.8 Å². The number of nitrogen functional groups attached to an aromatic ring is 1. The molecule has 1 aromatic carbocycles. The molecule has 6 heteroatoms. The quantitative estimate of drug-likeness (QED) is 0.258. The maximum atomic E-state index is 11.8. The first-order chi connectivity index (χ1) is 8.69. The van der Waals surface area contributed by atoms with Crippen LogP contribution in [0.1, 0.15) is 28.8 Å². The molecule has 0 saturated heterocycles. The highest BCUT2D eigenvalue weighted by molar-refractivity contribution is 7.79. The SMILES string of the molecule is NOCCCCNC(=O)c1ccc(CS)c(N)c1. The minimum Gasteiger partial charge on any atom is -0.398 e. The van der Waals surface area contributed by atoms with Crippen molar-refractivity contribution in [2.45, 2.75) is 18.6 Å². The van der Waals surface area contributed by atoms with Crippen molar-refractivity contribution in [2.24, 2.45) is 5.90 Å². The first-order valence-electron chi connectivity index (χ1n) is 5.78. The number of anilines is 1. The number of thiol groups is 1. The van der Waals surface area contributed by atoms with E-state index in [1.807, 2.05) is 6.07 Å². The molecule has 5 nitrogen and oxygen atoms in total. The van der Waals surface area contributed by atoms with Crippen LogP contribution >= 0.6 is 12.6 Å². The van der Waals surface area contributed by atoms with Crippen LogP contribution < -0.4 is 16.9 Å². The summed E-state index contributed by atoms with van der Waals surface area (Å²) in [5, 5.41) is 2.81. The van der Waals surface area contributed by atoms with E-state index in [4.69, 9.17) is 11.6 Å². The van der Waals surface area contributed by atoms with Crippen LogP contribution in [0, 0.1) is 0 Å². The summed E-state index contributed by atoms with van der Waals surface area (Å²) in [6.07, 6.45) is 1.64. The van der Waals surface area contributed by atoms with Crippen molar-refractivity contribution >= 4 is 24.2 Å². The Balaban J connectivity index is 2.44. The Labute approximate surface area is 112 Å². The number of nitrogens with one attached hydrogen (secondary N) is 1. The van der Waals surface area contributed by atoms with Gasteiger partial charge in [-0.3, -0.25) is 4.79 Å². The van der Waals surface area contributed by atoms with E-state index in [0.29, 0.717) is 30.2 Å². The zero-order chi connectivity index (χ0) is 13.4. The Morgan fingerprint density at radius 2 is 2.17 bits per heavy atom. The summed E-state index contributed by atoms with van der Waals surface area (Å²) in [7, 11) is 0. The van der Waals surface area contributed by atoms with Gasteiger partial charge in [0.05, 0.1) is 6.61 Å². The maximum absolute atomic E-state index is 11.8. The molecule has 0 aliphatic heterocycles. The molecule has 0 fully saturated rings. The number of hydrogen-bond acceptors (Lipinski definition) is 5. The van der Waals surface area contributed by atoms with Gasteiger partial charge < -0.3 is 15.9 Å². The lowest BCUT2D eigenvalue weighted by Gasteiger charge is -2.07. The number of carbonyl (C=O) groups is 1. The minimum atomic E-state index is -0.124. The van der Waals surface area contributed by atoms with Gasteiger partial charge in [-0.25, -0.2) is 5.90 Å². The number of carbonyl (C=O) groups excluding carboxylic acids is 1. The summed E-state index contributed by atoms with van der Waals surface area (Å²) in [6.45, 7) is 1.09. The normalized spacial score (nSPS) is 10.3. The third kappa shape index (κ3) is 4.56. The van der Waals surface area contributed by atoms with E-state index < -0.39 is 0 Å². The maximum Gasteiger partial charge on any atom is 0.251 e. The Morgan fingerprint density at radius 3 is 2.78 bits per heavy atom. The third-order valence-corrected chi connectivity index (χ3v) is 2.89. The van der Waals surface area contributed by atoms with Gasteiger partial charge >= 0.3 is 0 Å². The van der Waals surface area contributed by atoms with Crippen molar-refractivity contribution < 1.29 is 9.63 Å². The molecule has 0 aliphatic rings. The van der Waals surface area contributed by atoms with Gasteiger partial charge in [-0.2, -0.15) is 12.6 Å². The predicted molar refractivity (Wildman–Crippen MR) is 75.3 cm³/mol. The monoisotopic (exact) mass is 269 g/mol. The molecule has 18 heavy (non-hydrogen) atoms. The molecule has 0 heterocycles. The summed E-state index contributed by atoms with van der Waals surface area (Å²) in [5.74, 6) is 5.34. The molecule has 0 aromatic heterocycles. The number of benzene rings is 1. The van der Waals surface area contributed by atoms with Crippen LogP contribution in [0.2, 0.25) is 0 Å². The summed E-state index contributed by atoms with van der Waals surface area (Å²) in [5.41, 5.74) is 7.89. The molecule has 1 rings (SSSR count). The number of unbranched alkanes of at least 4 members (excludes halogenated alkanes) is 1. The first kappa shape index (κ1) is 14.8. The highest BCUT2D eigenvalue weighted by Gasteiger charge is 2.06. The van der Waals surface area contributed by atoms with Crippen molar-refractivity contribution in [2.75, 3.05) is 18.9 Å². The van der Waals surface area contributed by atoms with Crippen molar-refractivity contribution in [3.05, 3.63) is 29.3 Å². The molecule has 0 bridgehead atoms. The number of rotatable bonds is 7. The van der Waals surface area contributed by atoms with Crippen LogP contribution in [-0.2, 0) is 10.6 Å². The van der Waals surface area contributed by atoms with Gasteiger partial charge in [0.25, 0.3) is 5.91 Å². The van der Waals surface area contributed by atoms with E-state index in [1.54, 1.807) is 12.1 Å². The summed E-state index contributed by atoms with van der Waals surface area (Å²) in [6, 6.07) is 5.24. The molecule has 5 N–H and O–H groups in total. The van der Waals surface area contributed by atoms with Crippen molar-refractivity contribution in [3.8, 4) is 0 Å². The van der Waals surface area contributed by atoms with Crippen LogP contribution in [0.15, 0.2) is 18.2 Å². The Morgan fingerprint density at radius 1 is 1.39 bits per heavy atom. The summed E-state index contributed by atoms with van der Waals surface area (Å²) in [4.78, 5) is 16.2. The Kier molecular flexibility index (Phi) is 6.56. The van der Waals surface area contributed by atoms with Crippen LogP contribution in [0.5, 0.6) is 0 Å². The molecule has 0 spiro atoms. The molecule has 100 valence electrons. The van der Waals surface area contributed by atoms with E-state index in [0.717, 1.165) is 18.4 Å². The minimum absolute atomic E-state index is 0.124. The number of nitrogens with two attached hydrogens (primary N) is 2. The molecule has 0 atom stereocenters. The second-order valence-electron chi connectivity index (χ2n) is 3.91. The fraction of sp³-hybridized carbons (Fsp3) is 0.417. The average molecular weight is 269 g/mol. The van der Waals surface area contributed by atoms with E-state index in [-0.39, 0.29) is 5.91 Å². The smallest absolute Gasteiger partial charge is 0.251 e. The molecule has 0 unspecified atom stereocenters. The molecular formula is C12H19N3O2S. The van der Waals surface area contributed by atoms with Gasteiger partial charge in [-0.15, -0.1) is 0 Å². The van der Waals surface area contributed by atoms with Gasteiger partial charge in [-0.05, 0) is 30.5 Å². The molecule has 0 radical (unpaired) electrons. The molecule has 0 saturated carbocycles. The fourth-order valence-electron chi connectivity index (χ4n) is 1.49. The number of hydrogen-bond donors (Lipinski definition) is 4. The van der Waals surface area contributed by atoms with Gasteiger partial charge in [0, 0.05) is 23.5 Å². The first-order valence-corrected chi connectivity index (χ1v) is 6.41. The lowest BCUT2D eigenvalue weighted by molar-refractivity contribution is 0.0949. The third-order valence-electron chi connectivity index (χ3n) is 2.55. The lowest BCUT2D eigenvalue weighted by Crippen LogP contribution is -2.24. The highest BCUT2D eigenvalue weighted by atomic mass is 32.1. The predicted octanol–water partition coefficient (Wildman–Crippen LogP) is 1.10. The van der Waals surface area contributed by atoms with Gasteiger partial charge in [0.15, 0.2) is 0 Å². The molecular weight excluding hydrogens is 250 g/mol. The summed E-state index contributed by atoms with van der Waals surface area (Å²) >= 11 is 4.15. The standard InChI is InChI=1S/C12H19N3O2S/c13-11-7-9(3-4-10(11)8-18)12(16)15-5-1-2-6-17-14/h3-4,7,18H,1-2,5-6,8,13-14H2,(H,15,16). The number of amides is 1. The van der Waals surface area contributed by atoms with Crippen LogP contribution in [-0.4, -0.2) is 19.1 Å². The van der Waals surface area contributed by atoms with Gasteiger partial charge in [0.2, 0.25) is 0 Å². The van der Waals surface area contributed by atoms with Crippen LogP contribution in [0.3, 0.4) is 0 Å². The Bertz CT molecular complexity index is 399. The molecule has 1 amide bonds. The van der Waals surface area contributed by atoms with Crippen molar-refractivity contribution in [3.63, 3.8) is 0 Å². The summed E-state index contributed by atoms with van der Waals surface area (Å²) < 4.78 is 0. The topological polar surface area (TPSA) is 90.4 Å². The van der Waals surface area contributed by atoms with Crippen LogP contribution in [0.25, 0.3) is 0 Å². The van der Waals surface area contributed by atoms with E-state index >= 15 is 0 Å². The molecule has 0 aliphatic carbocycles. The second kappa shape index (κ2) is 7.97. The Hall–Kier alpha value is -1.24. The largest absolute Gasteiger partial charge is 0.398 e. The van der Waals surface area contributed by atoms with E-state index in [9.17, 15) is 4.79 Å². The van der Waals surface area contributed by atoms with Crippen molar-refractivity contribution in [1.29, 1.82) is 0 Å². The van der Waals surface area contributed by atoms with Gasteiger partial charge in [-0.1, -0.05) is 6.07 Å². The molecule has 1 aromatic rings. The zero-order valence-electron chi connectivity index (χ0n) is 10.2. The average Bonchev–Trinajstić information content (AvgIpc) is 2.38. The van der Waals surface area contributed by atoms with Crippen LogP contribution in [0.4, 0.5) is 5.69 Å². The van der Waals surface area contributed by atoms with E-state index in [1.165, 1.54) is 0 Å². The van der Waals surface area contributed by atoms with Crippen molar-refractivity contribution in [1.82, 2.24) is 5.32 Å².